The second-order valence-corrected chi connectivity index (χ2v) is 4.88. The van der Waals surface area contributed by atoms with E-state index in [0.29, 0.717) is 0 Å². The fourth-order valence-electron chi connectivity index (χ4n) is 0.483. The van der Waals surface area contributed by atoms with E-state index in [-0.39, 0.29) is 13.0 Å². The summed E-state index contributed by atoms with van der Waals surface area (Å²) in [6, 6.07) is 0. The average molecular weight is 264 g/mol. The Bertz CT molecular complexity index is 211. The Kier molecular flexibility index (Phi) is 6.24. The molecule has 0 rings (SSSR count). The number of carbonyl (C=O) groups is 2. The summed E-state index contributed by atoms with van der Waals surface area (Å²) in [4.78, 5) is 21.1. The summed E-state index contributed by atoms with van der Waals surface area (Å²) in [7, 11) is 0. The summed E-state index contributed by atoms with van der Waals surface area (Å²) in [5.41, 5.74) is 0. The maximum Gasteiger partial charge on any atom is 0.344 e. The van der Waals surface area contributed by atoms with Crippen LogP contribution in [-0.4, -0.2) is 28.9 Å². The van der Waals surface area contributed by atoms with Gasteiger partial charge in [0.1, 0.15) is 0 Å². The predicted octanol–water partition coefficient (Wildman–Crippen LogP) is 1.85. The molecule has 0 amide bonds. The van der Waals surface area contributed by atoms with Gasteiger partial charge in [0.15, 0.2) is 10.4 Å². The van der Waals surface area contributed by atoms with Crippen LogP contribution in [0.15, 0.2) is 0 Å². The molecule has 82 valence electrons. The molecule has 0 saturated carbocycles. The SMILES string of the molecule is CC(=O)OCC(=O)OCCC(Cl)(Cl)Cl. The van der Waals surface area contributed by atoms with E-state index in [4.69, 9.17) is 34.8 Å². The van der Waals surface area contributed by atoms with Crippen molar-refractivity contribution < 1.29 is 19.1 Å². The zero-order valence-corrected chi connectivity index (χ0v) is 9.66. The van der Waals surface area contributed by atoms with Gasteiger partial charge in [0.05, 0.1) is 6.61 Å². The van der Waals surface area contributed by atoms with Crippen LogP contribution < -0.4 is 0 Å². The number of alkyl halides is 3. The third kappa shape index (κ3) is 9.89. The average Bonchev–Trinajstić information content (AvgIpc) is 1.98. The molecule has 14 heavy (non-hydrogen) atoms. The number of hydrogen-bond acceptors (Lipinski definition) is 4. The molecule has 0 aromatic rings. The molecule has 0 bridgehead atoms. The zero-order chi connectivity index (χ0) is 11.2. The van der Waals surface area contributed by atoms with Gasteiger partial charge in [0.2, 0.25) is 0 Å². The fraction of sp³-hybridized carbons (Fsp3) is 0.714. The summed E-state index contributed by atoms with van der Waals surface area (Å²) < 4.78 is 7.53. The van der Waals surface area contributed by atoms with Crippen molar-refractivity contribution in [1.82, 2.24) is 0 Å². The van der Waals surface area contributed by atoms with Gasteiger partial charge in [-0.2, -0.15) is 0 Å². The van der Waals surface area contributed by atoms with Gasteiger partial charge < -0.3 is 9.47 Å². The standard InChI is InChI=1S/C7H9Cl3O4/c1-5(11)14-4-6(12)13-3-2-7(8,9)10/h2-4H2,1H3. The first-order chi connectivity index (χ1) is 6.31. The Morgan fingerprint density at radius 1 is 1.21 bits per heavy atom. The van der Waals surface area contributed by atoms with E-state index in [9.17, 15) is 9.59 Å². The van der Waals surface area contributed by atoms with Crippen molar-refractivity contribution in [2.24, 2.45) is 0 Å². The minimum Gasteiger partial charge on any atom is -0.463 e. The third-order valence-electron chi connectivity index (χ3n) is 1.04. The molecule has 0 aromatic carbocycles. The molecule has 0 aliphatic carbocycles. The van der Waals surface area contributed by atoms with E-state index in [1.54, 1.807) is 0 Å². The van der Waals surface area contributed by atoms with Crippen molar-refractivity contribution in [3.8, 4) is 0 Å². The molecule has 0 aliphatic heterocycles. The van der Waals surface area contributed by atoms with E-state index in [0.717, 1.165) is 0 Å². The van der Waals surface area contributed by atoms with Crippen LogP contribution in [0.1, 0.15) is 13.3 Å². The highest BCUT2D eigenvalue weighted by molar-refractivity contribution is 6.67. The molecule has 7 heteroatoms. The highest BCUT2D eigenvalue weighted by atomic mass is 35.6. The van der Waals surface area contributed by atoms with Crippen molar-refractivity contribution in [1.29, 1.82) is 0 Å². The molecule has 0 spiro atoms. The lowest BCUT2D eigenvalue weighted by molar-refractivity contribution is -0.157. The highest BCUT2D eigenvalue weighted by Crippen LogP contribution is 2.29. The van der Waals surface area contributed by atoms with Gasteiger partial charge in [0, 0.05) is 13.3 Å². The number of hydrogen-bond donors (Lipinski definition) is 0. The molecular formula is C7H9Cl3O4. The maximum absolute atomic E-state index is 10.8. The summed E-state index contributed by atoms with van der Waals surface area (Å²) in [5, 5.41) is 0. The lowest BCUT2D eigenvalue weighted by Crippen LogP contribution is -2.17. The van der Waals surface area contributed by atoms with Gasteiger partial charge in [-0.05, 0) is 0 Å². The van der Waals surface area contributed by atoms with Gasteiger partial charge in [-0.15, -0.1) is 0 Å². The number of halogens is 3. The molecule has 0 atom stereocenters. The quantitative estimate of drug-likeness (QED) is 0.574. The van der Waals surface area contributed by atoms with E-state index < -0.39 is 22.3 Å². The number of rotatable bonds is 4. The number of ether oxygens (including phenoxy) is 2. The molecule has 0 aromatic heterocycles. The Balaban J connectivity index is 3.50. The van der Waals surface area contributed by atoms with Gasteiger partial charge in [-0.25, -0.2) is 4.79 Å². The van der Waals surface area contributed by atoms with Crippen molar-refractivity contribution in [2.75, 3.05) is 13.2 Å². The van der Waals surface area contributed by atoms with Crippen molar-refractivity contribution >= 4 is 46.7 Å². The zero-order valence-electron chi connectivity index (χ0n) is 7.39. The van der Waals surface area contributed by atoms with E-state index in [2.05, 4.69) is 9.47 Å². The monoisotopic (exact) mass is 262 g/mol. The minimum absolute atomic E-state index is 0.0312. The van der Waals surface area contributed by atoms with Gasteiger partial charge in [-0.1, -0.05) is 34.8 Å². The van der Waals surface area contributed by atoms with Gasteiger partial charge >= 0.3 is 11.9 Å². The van der Waals surface area contributed by atoms with Crippen LogP contribution in [0.4, 0.5) is 0 Å². The number of carbonyl (C=O) groups excluding carboxylic acids is 2. The second kappa shape index (κ2) is 6.32. The summed E-state index contributed by atoms with van der Waals surface area (Å²) in [6.45, 7) is 0.736. The van der Waals surface area contributed by atoms with E-state index in [1.807, 2.05) is 0 Å². The molecular weight excluding hydrogens is 254 g/mol. The summed E-state index contributed by atoms with van der Waals surface area (Å²) in [5.74, 6) is -1.22. The topological polar surface area (TPSA) is 52.6 Å². The lowest BCUT2D eigenvalue weighted by Gasteiger charge is -2.10. The largest absolute Gasteiger partial charge is 0.463 e. The van der Waals surface area contributed by atoms with Crippen molar-refractivity contribution in [2.45, 2.75) is 17.1 Å². The summed E-state index contributed by atoms with van der Waals surface area (Å²) in [6.07, 6.45) is 0.0868. The van der Waals surface area contributed by atoms with Gasteiger partial charge in [0.25, 0.3) is 0 Å². The lowest BCUT2D eigenvalue weighted by atomic mass is 10.5. The second-order valence-electron chi connectivity index (χ2n) is 2.37. The normalized spacial score (nSPS) is 10.9. The fourth-order valence-corrected chi connectivity index (χ4v) is 0.714. The molecule has 0 unspecified atom stereocenters. The first-order valence-electron chi connectivity index (χ1n) is 3.67. The Morgan fingerprint density at radius 3 is 2.21 bits per heavy atom. The van der Waals surface area contributed by atoms with Crippen LogP contribution in [0.25, 0.3) is 0 Å². The predicted molar refractivity (Wildman–Crippen MR) is 52.5 cm³/mol. The van der Waals surface area contributed by atoms with Crippen LogP contribution in [0.5, 0.6) is 0 Å². The third-order valence-corrected chi connectivity index (χ3v) is 1.61. The maximum atomic E-state index is 10.8. The minimum atomic E-state index is -1.44. The summed E-state index contributed by atoms with van der Waals surface area (Å²) >= 11 is 16.2. The van der Waals surface area contributed by atoms with E-state index in [1.165, 1.54) is 6.92 Å². The van der Waals surface area contributed by atoms with Crippen LogP contribution >= 0.6 is 34.8 Å². The van der Waals surface area contributed by atoms with E-state index >= 15 is 0 Å². The van der Waals surface area contributed by atoms with Gasteiger partial charge in [-0.3, -0.25) is 4.79 Å². The Labute approximate surface area is 96.4 Å². The molecule has 0 radical (unpaired) electrons. The molecule has 0 N–H and O–H groups in total. The van der Waals surface area contributed by atoms with Crippen LogP contribution in [0.3, 0.4) is 0 Å². The number of esters is 2. The van der Waals surface area contributed by atoms with Crippen LogP contribution in [0, 0.1) is 0 Å². The van der Waals surface area contributed by atoms with Crippen LogP contribution in [-0.2, 0) is 19.1 Å². The first kappa shape index (κ1) is 13.8. The van der Waals surface area contributed by atoms with Crippen molar-refractivity contribution in [3.05, 3.63) is 0 Å². The highest BCUT2D eigenvalue weighted by Gasteiger charge is 2.19. The van der Waals surface area contributed by atoms with Crippen molar-refractivity contribution in [3.63, 3.8) is 0 Å². The Morgan fingerprint density at radius 2 is 1.79 bits per heavy atom. The van der Waals surface area contributed by atoms with Crippen LogP contribution in [0.2, 0.25) is 0 Å². The molecule has 0 aliphatic rings. The first-order valence-corrected chi connectivity index (χ1v) is 4.80. The smallest absolute Gasteiger partial charge is 0.344 e. The molecule has 0 saturated heterocycles. The molecule has 0 fully saturated rings. The Hall–Kier alpha value is -0.190. The molecule has 0 heterocycles. The molecule has 4 nitrogen and oxygen atoms in total.